The summed E-state index contributed by atoms with van der Waals surface area (Å²) < 4.78 is 0. The highest BCUT2D eigenvalue weighted by Gasteiger charge is 2.23. The van der Waals surface area contributed by atoms with Crippen molar-refractivity contribution in [2.75, 3.05) is 22.5 Å². The Labute approximate surface area is 183 Å². The minimum atomic E-state index is -0.538. The van der Waals surface area contributed by atoms with Gasteiger partial charge in [-0.2, -0.15) is 0 Å². The molecular formula is C23H19N3O4S. The van der Waals surface area contributed by atoms with Gasteiger partial charge in [-0.05, 0) is 42.3 Å². The van der Waals surface area contributed by atoms with Crippen LogP contribution in [0, 0.1) is 10.1 Å². The molecule has 4 rings (SSSR count). The number of carbonyl (C=O) groups excluding carboxylic acids is 2. The molecule has 0 saturated carbocycles. The topological polar surface area (TPSA) is 92.6 Å². The number of carbonyl (C=O) groups is 2. The number of nitro groups is 1. The highest BCUT2D eigenvalue weighted by atomic mass is 32.2. The second-order valence-corrected chi connectivity index (χ2v) is 8.05. The van der Waals surface area contributed by atoms with Crippen molar-refractivity contribution in [3.63, 3.8) is 0 Å². The molecular weight excluding hydrogens is 414 g/mol. The van der Waals surface area contributed by atoms with Crippen LogP contribution in [0.15, 0.2) is 77.7 Å². The van der Waals surface area contributed by atoms with E-state index in [0.717, 1.165) is 17.0 Å². The third kappa shape index (κ3) is 4.75. The van der Waals surface area contributed by atoms with Gasteiger partial charge in [0.15, 0.2) is 0 Å². The van der Waals surface area contributed by atoms with E-state index in [0.29, 0.717) is 12.2 Å². The molecule has 0 spiro atoms. The summed E-state index contributed by atoms with van der Waals surface area (Å²) in [6.07, 6.45) is 0.867. The number of nitrogens with one attached hydrogen (secondary N) is 1. The minimum absolute atomic E-state index is 0.0426. The Morgan fingerprint density at radius 3 is 2.68 bits per heavy atom. The SMILES string of the molecule is O=C(Nc1cccc(SCC(=O)N2CCc3ccccc32)c1)c1cccc([N+](=O)[O-])c1. The van der Waals surface area contributed by atoms with Crippen molar-refractivity contribution in [2.45, 2.75) is 11.3 Å². The smallest absolute Gasteiger partial charge is 0.270 e. The molecule has 0 aromatic heterocycles. The number of fused-ring (bicyclic) bond motifs is 1. The lowest BCUT2D eigenvalue weighted by Gasteiger charge is -2.17. The first kappa shape index (κ1) is 20.6. The highest BCUT2D eigenvalue weighted by Crippen LogP contribution is 2.29. The summed E-state index contributed by atoms with van der Waals surface area (Å²) in [4.78, 5) is 38.2. The van der Waals surface area contributed by atoms with Gasteiger partial charge in [-0.3, -0.25) is 19.7 Å². The van der Waals surface area contributed by atoms with E-state index in [1.54, 1.807) is 18.2 Å². The summed E-state index contributed by atoms with van der Waals surface area (Å²) in [5.41, 5.74) is 2.78. The molecule has 7 nitrogen and oxygen atoms in total. The lowest BCUT2D eigenvalue weighted by Crippen LogP contribution is -2.30. The molecule has 31 heavy (non-hydrogen) atoms. The van der Waals surface area contributed by atoms with Gasteiger partial charge < -0.3 is 10.2 Å². The van der Waals surface area contributed by atoms with Crippen molar-refractivity contribution in [3.8, 4) is 0 Å². The van der Waals surface area contributed by atoms with Gasteiger partial charge in [-0.15, -0.1) is 11.8 Å². The largest absolute Gasteiger partial charge is 0.322 e. The van der Waals surface area contributed by atoms with E-state index in [-0.39, 0.29) is 22.9 Å². The average molecular weight is 433 g/mol. The number of nitrogens with zero attached hydrogens (tertiary/aromatic N) is 2. The molecule has 0 bridgehead atoms. The maximum atomic E-state index is 12.7. The van der Waals surface area contributed by atoms with Crippen LogP contribution in [0.3, 0.4) is 0 Å². The fourth-order valence-electron chi connectivity index (χ4n) is 3.45. The van der Waals surface area contributed by atoms with Crippen molar-refractivity contribution < 1.29 is 14.5 Å². The van der Waals surface area contributed by atoms with Crippen molar-refractivity contribution >= 4 is 40.6 Å². The van der Waals surface area contributed by atoms with E-state index in [2.05, 4.69) is 5.32 Å². The summed E-state index contributed by atoms with van der Waals surface area (Å²) in [7, 11) is 0. The van der Waals surface area contributed by atoms with E-state index in [9.17, 15) is 19.7 Å². The van der Waals surface area contributed by atoms with Gasteiger partial charge in [0.2, 0.25) is 5.91 Å². The molecule has 1 heterocycles. The summed E-state index contributed by atoms with van der Waals surface area (Å²) in [5, 5.41) is 13.7. The van der Waals surface area contributed by atoms with Gasteiger partial charge in [0, 0.05) is 40.5 Å². The number of nitro benzene ring substituents is 1. The van der Waals surface area contributed by atoms with Crippen LogP contribution in [0.5, 0.6) is 0 Å². The summed E-state index contributed by atoms with van der Waals surface area (Å²) in [6, 6.07) is 20.7. The third-order valence-electron chi connectivity index (χ3n) is 4.96. The summed E-state index contributed by atoms with van der Waals surface area (Å²) >= 11 is 1.40. The number of hydrogen-bond acceptors (Lipinski definition) is 5. The van der Waals surface area contributed by atoms with Crippen LogP contribution in [-0.4, -0.2) is 29.0 Å². The van der Waals surface area contributed by atoms with Crippen LogP contribution in [0.2, 0.25) is 0 Å². The molecule has 0 atom stereocenters. The Morgan fingerprint density at radius 2 is 1.84 bits per heavy atom. The van der Waals surface area contributed by atoms with Crippen LogP contribution in [0.4, 0.5) is 17.1 Å². The van der Waals surface area contributed by atoms with Gasteiger partial charge in [-0.1, -0.05) is 30.3 Å². The van der Waals surface area contributed by atoms with Crippen LogP contribution >= 0.6 is 11.8 Å². The Hall–Kier alpha value is -3.65. The van der Waals surface area contributed by atoms with Crippen LogP contribution < -0.4 is 10.2 Å². The number of thioether (sulfide) groups is 1. The zero-order chi connectivity index (χ0) is 21.8. The predicted octanol–water partition coefficient (Wildman–Crippen LogP) is 4.53. The average Bonchev–Trinajstić information content (AvgIpc) is 3.22. The summed E-state index contributed by atoms with van der Waals surface area (Å²) in [5.74, 6) is -0.104. The molecule has 0 unspecified atom stereocenters. The molecule has 0 radical (unpaired) electrons. The van der Waals surface area contributed by atoms with E-state index in [1.165, 1.54) is 41.6 Å². The molecule has 1 aliphatic rings. The van der Waals surface area contributed by atoms with E-state index >= 15 is 0 Å². The molecule has 0 fully saturated rings. The monoisotopic (exact) mass is 433 g/mol. The number of benzene rings is 3. The number of amides is 2. The first-order valence-corrected chi connectivity index (χ1v) is 10.7. The molecule has 8 heteroatoms. The quantitative estimate of drug-likeness (QED) is 0.350. The molecule has 0 aliphatic carbocycles. The molecule has 3 aromatic carbocycles. The van der Waals surface area contributed by atoms with Crippen LogP contribution in [0.25, 0.3) is 0 Å². The molecule has 1 N–H and O–H groups in total. The number of hydrogen-bond donors (Lipinski definition) is 1. The van der Waals surface area contributed by atoms with Crippen LogP contribution in [-0.2, 0) is 11.2 Å². The number of para-hydroxylation sites is 1. The van der Waals surface area contributed by atoms with Gasteiger partial charge in [-0.25, -0.2) is 0 Å². The zero-order valence-corrected chi connectivity index (χ0v) is 17.3. The second-order valence-electron chi connectivity index (χ2n) is 7.00. The first-order valence-electron chi connectivity index (χ1n) is 9.68. The minimum Gasteiger partial charge on any atom is -0.322 e. The summed E-state index contributed by atoms with van der Waals surface area (Å²) in [6.45, 7) is 0.693. The lowest BCUT2D eigenvalue weighted by atomic mass is 10.2. The Kier molecular flexibility index (Phi) is 5.99. The molecule has 156 valence electrons. The number of non-ortho nitro benzene ring substituents is 1. The van der Waals surface area contributed by atoms with Gasteiger partial charge in [0.1, 0.15) is 0 Å². The zero-order valence-electron chi connectivity index (χ0n) is 16.5. The standard InChI is InChI=1S/C23H19N3O4S/c27-22(25-12-11-16-5-1-2-10-21(16)25)15-31-20-9-4-7-18(14-20)24-23(28)17-6-3-8-19(13-17)26(29)30/h1-10,13-14H,11-12,15H2,(H,24,28). The number of anilines is 2. The van der Waals surface area contributed by atoms with E-state index < -0.39 is 10.8 Å². The van der Waals surface area contributed by atoms with Crippen molar-refractivity contribution in [1.82, 2.24) is 0 Å². The normalized spacial score (nSPS) is 12.3. The Balaban J connectivity index is 1.39. The number of rotatable bonds is 6. The predicted molar refractivity (Wildman–Crippen MR) is 121 cm³/mol. The van der Waals surface area contributed by atoms with Gasteiger partial charge >= 0.3 is 0 Å². The maximum Gasteiger partial charge on any atom is 0.270 e. The van der Waals surface area contributed by atoms with E-state index in [4.69, 9.17) is 0 Å². The van der Waals surface area contributed by atoms with E-state index in [1.807, 2.05) is 35.2 Å². The molecule has 1 aliphatic heterocycles. The van der Waals surface area contributed by atoms with Crippen molar-refractivity contribution in [2.24, 2.45) is 0 Å². The molecule has 3 aromatic rings. The Morgan fingerprint density at radius 1 is 1.03 bits per heavy atom. The Bertz CT molecular complexity index is 1160. The van der Waals surface area contributed by atoms with Crippen molar-refractivity contribution in [3.05, 3.63) is 94.0 Å². The third-order valence-corrected chi connectivity index (χ3v) is 5.94. The fraction of sp³-hybridized carbons (Fsp3) is 0.130. The van der Waals surface area contributed by atoms with Gasteiger partial charge in [0.25, 0.3) is 11.6 Å². The fourth-order valence-corrected chi connectivity index (χ4v) is 4.28. The maximum absolute atomic E-state index is 12.7. The van der Waals surface area contributed by atoms with Crippen molar-refractivity contribution in [1.29, 1.82) is 0 Å². The highest BCUT2D eigenvalue weighted by molar-refractivity contribution is 8.00. The molecule has 2 amide bonds. The first-order chi connectivity index (χ1) is 15.0. The second kappa shape index (κ2) is 9.01. The molecule has 0 saturated heterocycles. The lowest BCUT2D eigenvalue weighted by molar-refractivity contribution is -0.384. The van der Waals surface area contributed by atoms with Crippen LogP contribution in [0.1, 0.15) is 15.9 Å². The van der Waals surface area contributed by atoms with Gasteiger partial charge in [0.05, 0.1) is 10.7 Å².